The normalized spacial score (nSPS) is 12.0. The zero-order chi connectivity index (χ0) is 12.8. The number of rotatable bonds is 4. The van der Waals surface area contributed by atoms with Crippen LogP contribution in [0.15, 0.2) is 18.2 Å². The molecule has 0 aromatic heterocycles. The van der Waals surface area contributed by atoms with E-state index in [0.29, 0.717) is 0 Å². The number of hydrogen-bond acceptors (Lipinski definition) is 1. The summed E-state index contributed by atoms with van der Waals surface area (Å²) in [5, 5.41) is 7.21. The summed E-state index contributed by atoms with van der Waals surface area (Å²) in [4.78, 5) is 0. The topological polar surface area (TPSA) is 24.1 Å². The molecular formula is C14H22N2S. The summed E-state index contributed by atoms with van der Waals surface area (Å²) in [6.07, 6.45) is 1.08. The molecule has 1 aromatic rings. The first-order chi connectivity index (χ1) is 8.04. The van der Waals surface area contributed by atoms with Crippen LogP contribution in [0.3, 0.4) is 0 Å². The number of thiocarbonyl (C=S) groups is 1. The molecule has 1 unspecified atom stereocenters. The zero-order valence-electron chi connectivity index (χ0n) is 11.1. The lowest BCUT2D eigenvalue weighted by molar-refractivity contribution is 0.693. The van der Waals surface area contributed by atoms with Crippen LogP contribution in [0.1, 0.15) is 43.0 Å². The molecule has 1 rings (SSSR count). The summed E-state index contributed by atoms with van der Waals surface area (Å²) in [6, 6.07) is 6.77. The van der Waals surface area contributed by atoms with Gasteiger partial charge in [0.1, 0.15) is 0 Å². The fraction of sp³-hybridized carbons (Fsp3) is 0.500. The second-order valence-corrected chi connectivity index (χ2v) is 4.87. The van der Waals surface area contributed by atoms with Crippen LogP contribution in [-0.2, 0) is 0 Å². The molecule has 0 amide bonds. The monoisotopic (exact) mass is 250 g/mol. The first-order valence-corrected chi connectivity index (χ1v) is 6.57. The molecule has 0 fully saturated rings. The van der Waals surface area contributed by atoms with Gasteiger partial charge in [0.15, 0.2) is 5.11 Å². The van der Waals surface area contributed by atoms with E-state index in [2.05, 4.69) is 56.5 Å². The van der Waals surface area contributed by atoms with Gasteiger partial charge in [0.25, 0.3) is 0 Å². The van der Waals surface area contributed by atoms with Gasteiger partial charge in [-0.15, -0.1) is 0 Å². The lowest BCUT2D eigenvalue weighted by atomic mass is 10.0. The fourth-order valence-corrected chi connectivity index (χ4v) is 1.88. The fourth-order valence-electron chi connectivity index (χ4n) is 1.60. The predicted octanol–water partition coefficient (Wildman–Crippen LogP) is 3.24. The van der Waals surface area contributed by atoms with Gasteiger partial charge in [-0.3, -0.25) is 0 Å². The molecule has 0 heterocycles. The molecule has 1 aromatic carbocycles. The van der Waals surface area contributed by atoms with Crippen LogP contribution in [0.25, 0.3) is 0 Å². The third kappa shape index (κ3) is 4.35. The summed E-state index contributed by atoms with van der Waals surface area (Å²) in [5.74, 6) is 0. The number of nitrogens with one attached hydrogen (secondary N) is 2. The maximum absolute atomic E-state index is 5.23. The molecular weight excluding hydrogens is 228 g/mol. The largest absolute Gasteiger partial charge is 0.363 e. The lowest BCUT2D eigenvalue weighted by Crippen LogP contribution is -2.37. The molecule has 17 heavy (non-hydrogen) atoms. The van der Waals surface area contributed by atoms with E-state index in [0.717, 1.165) is 18.1 Å². The van der Waals surface area contributed by atoms with Crippen LogP contribution in [-0.4, -0.2) is 11.7 Å². The lowest BCUT2D eigenvalue weighted by Gasteiger charge is -2.18. The van der Waals surface area contributed by atoms with Crippen molar-refractivity contribution in [2.24, 2.45) is 0 Å². The van der Waals surface area contributed by atoms with Gasteiger partial charge in [-0.05, 0) is 56.1 Å². The molecule has 0 aliphatic carbocycles. The third-order valence-corrected chi connectivity index (χ3v) is 3.18. The first kappa shape index (κ1) is 14.0. The van der Waals surface area contributed by atoms with E-state index >= 15 is 0 Å². The highest BCUT2D eigenvalue weighted by molar-refractivity contribution is 7.80. The van der Waals surface area contributed by atoms with Gasteiger partial charge in [0.2, 0.25) is 0 Å². The molecule has 0 saturated heterocycles. The molecule has 2 N–H and O–H groups in total. The van der Waals surface area contributed by atoms with Gasteiger partial charge < -0.3 is 10.6 Å². The van der Waals surface area contributed by atoms with E-state index in [1.54, 1.807) is 0 Å². The minimum atomic E-state index is 0.242. The maximum atomic E-state index is 5.23. The highest BCUT2D eigenvalue weighted by Gasteiger charge is 2.07. The summed E-state index contributed by atoms with van der Waals surface area (Å²) >= 11 is 5.23. The molecule has 0 saturated carbocycles. The Morgan fingerprint density at radius 2 is 2.00 bits per heavy atom. The Bertz CT molecular complexity index is 388. The number of aryl methyl sites for hydroxylation is 2. The van der Waals surface area contributed by atoms with Gasteiger partial charge in [-0.25, -0.2) is 0 Å². The van der Waals surface area contributed by atoms with Crippen LogP contribution in [0.2, 0.25) is 0 Å². The Labute approximate surface area is 110 Å². The van der Waals surface area contributed by atoms with E-state index in [4.69, 9.17) is 12.2 Å². The molecule has 0 aliphatic heterocycles. The summed E-state index contributed by atoms with van der Waals surface area (Å²) in [5.41, 5.74) is 3.92. The van der Waals surface area contributed by atoms with Gasteiger partial charge in [-0.2, -0.15) is 0 Å². The first-order valence-electron chi connectivity index (χ1n) is 6.16. The van der Waals surface area contributed by atoms with E-state index in [1.165, 1.54) is 16.7 Å². The van der Waals surface area contributed by atoms with E-state index in [9.17, 15) is 0 Å². The second-order valence-electron chi connectivity index (χ2n) is 4.47. The smallest absolute Gasteiger partial charge is 0.166 e. The van der Waals surface area contributed by atoms with Crippen LogP contribution >= 0.6 is 12.2 Å². The Morgan fingerprint density at radius 3 is 2.59 bits per heavy atom. The average Bonchev–Trinajstić information content (AvgIpc) is 2.30. The Balaban J connectivity index is 2.60. The van der Waals surface area contributed by atoms with Crippen molar-refractivity contribution in [3.05, 3.63) is 34.9 Å². The van der Waals surface area contributed by atoms with Crippen molar-refractivity contribution < 1.29 is 0 Å². The van der Waals surface area contributed by atoms with E-state index < -0.39 is 0 Å². The summed E-state index contributed by atoms with van der Waals surface area (Å²) in [7, 11) is 0. The standard InChI is InChI=1S/C14H22N2S/c1-5-8-15-14(17)16-12(4)13-7-6-10(2)11(3)9-13/h6-7,9,12H,5,8H2,1-4H3,(H2,15,16,17). The molecule has 0 bridgehead atoms. The highest BCUT2D eigenvalue weighted by atomic mass is 32.1. The molecule has 3 heteroatoms. The van der Waals surface area contributed by atoms with Crippen molar-refractivity contribution in [3.8, 4) is 0 Å². The molecule has 2 nitrogen and oxygen atoms in total. The Morgan fingerprint density at radius 1 is 1.29 bits per heavy atom. The van der Waals surface area contributed by atoms with Crippen LogP contribution in [0.5, 0.6) is 0 Å². The zero-order valence-corrected chi connectivity index (χ0v) is 11.9. The second kappa shape index (κ2) is 6.60. The number of hydrogen-bond donors (Lipinski definition) is 2. The predicted molar refractivity (Wildman–Crippen MR) is 78.4 cm³/mol. The third-order valence-electron chi connectivity index (χ3n) is 2.91. The van der Waals surface area contributed by atoms with Crippen LogP contribution < -0.4 is 10.6 Å². The highest BCUT2D eigenvalue weighted by Crippen LogP contribution is 2.16. The minimum absolute atomic E-state index is 0.242. The van der Waals surface area contributed by atoms with E-state index in [1.807, 2.05) is 0 Å². The molecule has 0 radical (unpaired) electrons. The van der Waals surface area contributed by atoms with Gasteiger partial charge in [0, 0.05) is 6.54 Å². The summed E-state index contributed by atoms with van der Waals surface area (Å²) < 4.78 is 0. The van der Waals surface area contributed by atoms with Gasteiger partial charge in [0.05, 0.1) is 6.04 Å². The Hall–Kier alpha value is -1.09. The summed E-state index contributed by atoms with van der Waals surface area (Å²) in [6.45, 7) is 9.45. The van der Waals surface area contributed by atoms with Crippen LogP contribution in [0, 0.1) is 13.8 Å². The van der Waals surface area contributed by atoms with Gasteiger partial charge in [-0.1, -0.05) is 25.1 Å². The molecule has 0 spiro atoms. The van der Waals surface area contributed by atoms with Crippen molar-refractivity contribution in [3.63, 3.8) is 0 Å². The van der Waals surface area contributed by atoms with Crippen molar-refractivity contribution in [2.75, 3.05) is 6.54 Å². The van der Waals surface area contributed by atoms with Crippen molar-refractivity contribution in [2.45, 2.75) is 40.2 Å². The van der Waals surface area contributed by atoms with Crippen molar-refractivity contribution in [1.82, 2.24) is 10.6 Å². The number of benzene rings is 1. The van der Waals surface area contributed by atoms with Crippen molar-refractivity contribution >= 4 is 17.3 Å². The molecule has 94 valence electrons. The van der Waals surface area contributed by atoms with Crippen molar-refractivity contribution in [1.29, 1.82) is 0 Å². The van der Waals surface area contributed by atoms with Crippen LogP contribution in [0.4, 0.5) is 0 Å². The maximum Gasteiger partial charge on any atom is 0.166 e. The Kier molecular flexibility index (Phi) is 5.42. The molecule has 0 aliphatic rings. The van der Waals surface area contributed by atoms with Gasteiger partial charge >= 0.3 is 0 Å². The average molecular weight is 250 g/mol. The quantitative estimate of drug-likeness (QED) is 0.802. The SMILES string of the molecule is CCCNC(=S)NC(C)c1ccc(C)c(C)c1. The van der Waals surface area contributed by atoms with E-state index in [-0.39, 0.29) is 6.04 Å². The molecule has 1 atom stereocenters. The minimum Gasteiger partial charge on any atom is -0.363 e.